The van der Waals surface area contributed by atoms with Crippen molar-refractivity contribution in [2.45, 2.75) is 26.3 Å². The molecular formula is C15H24BrN3O. The minimum absolute atomic E-state index is 0.0249. The molecule has 1 aromatic rings. The number of benzene rings is 1. The molecule has 1 amide bonds. The van der Waals surface area contributed by atoms with Gasteiger partial charge in [0, 0.05) is 23.6 Å². The number of halogens is 1. The van der Waals surface area contributed by atoms with E-state index in [-0.39, 0.29) is 5.91 Å². The quantitative estimate of drug-likeness (QED) is 0.714. The molecular weight excluding hydrogens is 318 g/mol. The number of hydrogen-bond donors (Lipinski definition) is 2. The van der Waals surface area contributed by atoms with Crippen LogP contribution in [0.2, 0.25) is 0 Å². The molecule has 2 N–H and O–H groups in total. The lowest BCUT2D eigenvalue weighted by atomic mass is 10.2. The van der Waals surface area contributed by atoms with Gasteiger partial charge in [-0.25, -0.2) is 0 Å². The fraction of sp³-hybridized carbons (Fsp3) is 0.533. The van der Waals surface area contributed by atoms with Gasteiger partial charge in [-0.05, 0) is 48.5 Å². The van der Waals surface area contributed by atoms with Gasteiger partial charge in [0.2, 0.25) is 5.91 Å². The zero-order chi connectivity index (χ0) is 15.0. The van der Waals surface area contributed by atoms with Crippen LogP contribution in [0.4, 0.5) is 5.69 Å². The Morgan fingerprint density at radius 3 is 2.75 bits per heavy atom. The summed E-state index contributed by atoms with van der Waals surface area (Å²) >= 11 is 3.41. The minimum Gasteiger partial charge on any atom is -0.324 e. The van der Waals surface area contributed by atoms with Crippen molar-refractivity contribution in [1.29, 1.82) is 0 Å². The van der Waals surface area contributed by atoms with E-state index in [4.69, 9.17) is 0 Å². The van der Waals surface area contributed by atoms with Crippen LogP contribution >= 0.6 is 15.9 Å². The number of carbonyl (C=O) groups excluding carboxylic acids is 1. The highest BCUT2D eigenvalue weighted by molar-refractivity contribution is 9.10. The molecule has 0 aliphatic rings. The number of rotatable bonds is 8. The van der Waals surface area contributed by atoms with Gasteiger partial charge in [-0.1, -0.05) is 19.1 Å². The topological polar surface area (TPSA) is 44.4 Å². The van der Waals surface area contributed by atoms with Crippen LogP contribution in [0.15, 0.2) is 28.7 Å². The Hall–Kier alpha value is -0.910. The number of para-hydroxylation sites is 1. The average molecular weight is 342 g/mol. The molecule has 1 aromatic carbocycles. The van der Waals surface area contributed by atoms with Crippen molar-refractivity contribution < 1.29 is 4.79 Å². The molecule has 112 valence electrons. The first kappa shape index (κ1) is 17.1. The fourth-order valence-electron chi connectivity index (χ4n) is 1.75. The van der Waals surface area contributed by atoms with Gasteiger partial charge in [0.1, 0.15) is 0 Å². The summed E-state index contributed by atoms with van der Waals surface area (Å²) in [5.41, 5.74) is 0.802. The van der Waals surface area contributed by atoms with Crippen molar-refractivity contribution in [2.75, 3.05) is 32.0 Å². The van der Waals surface area contributed by atoms with Crippen molar-refractivity contribution >= 4 is 27.5 Å². The largest absolute Gasteiger partial charge is 0.324 e. The summed E-state index contributed by atoms with van der Waals surface area (Å²) in [7, 11) is 2.11. The van der Waals surface area contributed by atoms with E-state index in [0.717, 1.165) is 29.7 Å². The molecule has 0 fully saturated rings. The second kappa shape index (κ2) is 9.10. The Morgan fingerprint density at radius 2 is 2.10 bits per heavy atom. The maximum absolute atomic E-state index is 11.8. The molecule has 0 aromatic heterocycles. The maximum atomic E-state index is 11.8. The Morgan fingerprint density at radius 1 is 1.40 bits per heavy atom. The van der Waals surface area contributed by atoms with Gasteiger partial charge in [-0.2, -0.15) is 0 Å². The van der Waals surface area contributed by atoms with Crippen LogP contribution < -0.4 is 10.6 Å². The molecule has 0 heterocycles. The third kappa shape index (κ3) is 6.03. The second-order valence-electron chi connectivity index (χ2n) is 4.94. The van der Waals surface area contributed by atoms with Crippen LogP contribution in [-0.4, -0.2) is 43.5 Å². The van der Waals surface area contributed by atoms with E-state index in [0.29, 0.717) is 12.6 Å². The summed E-state index contributed by atoms with van der Waals surface area (Å²) in [6.07, 6.45) is 1.14. The molecule has 0 aliphatic heterocycles. The van der Waals surface area contributed by atoms with Gasteiger partial charge in [0.25, 0.3) is 0 Å². The van der Waals surface area contributed by atoms with Gasteiger partial charge in [0.05, 0.1) is 12.2 Å². The number of anilines is 1. The average Bonchev–Trinajstić information content (AvgIpc) is 2.45. The molecule has 20 heavy (non-hydrogen) atoms. The maximum Gasteiger partial charge on any atom is 0.238 e. The molecule has 1 atom stereocenters. The van der Waals surface area contributed by atoms with E-state index < -0.39 is 0 Å². The highest BCUT2D eigenvalue weighted by atomic mass is 79.9. The summed E-state index contributed by atoms with van der Waals surface area (Å²) in [5, 5.41) is 6.04. The SMILES string of the molecule is CCC(C)N(C)CCNCC(=O)Nc1ccccc1Br. The molecule has 1 rings (SSSR count). The smallest absolute Gasteiger partial charge is 0.238 e. The highest BCUT2D eigenvalue weighted by Crippen LogP contribution is 2.20. The lowest BCUT2D eigenvalue weighted by Crippen LogP contribution is -2.37. The molecule has 4 nitrogen and oxygen atoms in total. The monoisotopic (exact) mass is 341 g/mol. The highest BCUT2D eigenvalue weighted by Gasteiger charge is 2.07. The summed E-state index contributed by atoms with van der Waals surface area (Å²) in [5.74, 6) is -0.0249. The van der Waals surface area contributed by atoms with Crippen LogP contribution in [-0.2, 0) is 4.79 Å². The van der Waals surface area contributed by atoms with Crippen molar-refractivity contribution in [3.8, 4) is 0 Å². The molecule has 0 radical (unpaired) electrons. The van der Waals surface area contributed by atoms with Crippen molar-refractivity contribution in [1.82, 2.24) is 10.2 Å². The molecule has 0 aliphatic carbocycles. The van der Waals surface area contributed by atoms with E-state index in [1.54, 1.807) is 0 Å². The molecule has 5 heteroatoms. The third-order valence-electron chi connectivity index (χ3n) is 3.42. The molecule has 1 unspecified atom stereocenters. The molecule has 0 saturated carbocycles. The number of nitrogens with one attached hydrogen (secondary N) is 2. The first-order chi connectivity index (χ1) is 9.54. The van der Waals surface area contributed by atoms with Crippen LogP contribution in [0.3, 0.4) is 0 Å². The lowest BCUT2D eigenvalue weighted by Gasteiger charge is -2.23. The Kier molecular flexibility index (Phi) is 7.80. The predicted molar refractivity (Wildman–Crippen MR) is 88.0 cm³/mol. The lowest BCUT2D eigenvalue weighted by molar-refractivity contribution is -0.115. The Bertz CT molecular complexity index is 425. The zero-order valence-electron chi connectivity index (χ0n) is 12.4. The first-order valence-corrected chi connectivity index (χ1v) is 7.79. The van der Waals surface area contributed by atoms with E-state index in [2.05, 4.69) is 52.4 Å². The van der Waals surface area contributed by atoms with Gasteiger partial charge in [0.15, 0.2) is 0 Å². The van der Waals surface area contributed by atoms with E-state index in [1.165, 1.54) is 0 Å². The summed E-state index contributed by atoms with van der Waals surface area (Å²) < 4.78 is 0.893. The van der Waals surface area contributed by atoms with E-state index in [9.17, 15) is 4.79 Å². The standard InChI is InChI=1S/C15H24BrN3O/c1-4-12(2)19(3)10-9-17-11-15(20)18-14-8-6-5-7-13(14)16/h5-8,12,17H,4,9-11H2,1-3H3,(H,18,20). The Balaban J connectivity index is 2.23. The summed E-state index contributed by atoms with van der Waals surface area (Å²) in [4.78, 5) is 14.1. The van der Waals surface area contributed by atoms with Crippen molar-refractivity contribution in [3.63, 3.8) is 0 Å². The fourth-order valence-corrected chi connectivity index (χ4v) is 2.13. The number of amides is 1. The summed E-state index contributed by atoms with van der Waals surface area (Å²) in [6.45, 7) is 6.47. The zero-order valence-corrected chi connectivity index (χ0v) is 14.0. The number of carbonyl (C=O) groups is 1. The third-order valence-corrected chi connectivity index (χ3v) is 4.11. The van der Waals surface area contributed by atoms with Gasteiger partial charge < -0.3 is 15.5 Å². The molecule has 0 spiro atoms. The van der Waals surface area contributed by atoms with Gasteiger partial charge >= 0.3 is 0 Å². The predicted octanol–water partition coefficient (Wildman–Crippen LogP) is 2.71. The first-order valence-electron chi connectivity index (χ1n) is 7.00. The van der Waals surface area contributed by atoms with Crippen LogP contribution in [0, 0.1) is 0 Å². The van der Waals surface area contributed by atoms with E-state index in [1.807, 2.05) is 24.3 Å². The second-order valence-corrected chi connectivity index (χ2v) is 5.80. The number of hydrogen-bond acceptors (Lipinski definition) is 3. The van der Waals surface area contributed by atoms with Crippen LogP contribution in [0.1, 0.15) is 20.3 Å². The van der Waals surface area contributed by atoms with Crippen molar-refractivity contribution in [3.05, 3.63) is 28.7 Å². The van der Waals surface area contributed by atoms with Gasteiger partial charge in [-0.15, -0.1) is 0 Å². The minimum atomic E-state index is -0.0249. The normalized spacial score (nSPS) is 12.4. The van der Waals surface area contributed by atoms with E-state index >= 15 is 0 Å². The van der Waals surface area contributed by atoms with Crippen molar-refractivity contribution in [2.24, 2.45) is 0 Å². The van der Waals surface area contributed by atoms with Crippen LogP contribution in [0.5, 0.6) is 0 Å². The van der Waals surface area contributed by atoms with Gasteiger partial charge in [-0.3, -0.25) is 4.79 Å². The summed E-state index contributed by atoms with van der Waals surface area (Å²) in [6, 6.07) is 8.17. The van der Waals surface area contributed by atoms with Crippen LogP contribution in [0.25, 0.3) is 0 Å². The molecule has 0 bridgehead atoms. The Labute approximate surface area is 130 Å². The number of likely N-dealkylation sites (N-methyl/N-ethyl adjacent to an activating group) is 1. The molecule has 0 saturated heterocycles. The number of nitrogens with zero attached hydrogens (tertiary/aromatic N) is 1.